The summed E-state index contributed by atoms with van der Waals surface area (Å²) >= 11 is 0. The average molecular weight is 287 g/mol. The molecule has 2 bridgehead atoms. The number of hydrogen-bond donors (Lipinski definition) is 0. The van der Waals surface area contributed by atoms with E-state index in [9.17, 15) is 0 Å². The minimum absolute atomic E-state index is 0.711. The molecule has 0 N–H and O–H groups in total. The lowest BCUT2D eigenvalue weighted by molar-refractivity contribution is 0.367. The Balaban J connectivity index is 1.61. The fourth-order valence-corrected chi connectivity index (χ4v) is 4.22. The van der Waals surface area contributed by atoms with Crippen LogP contribution in [0.5, 0.6) is 0 Å². The molecule has 1 aliphatic heterocycles. The SMILES string of the molecule is C1=C\[C@@H]2CCCC[C@H](C/1)CCCC(CC1CC1)C/C=N/C2. The molecule has 21 heavy (non-hydrogen) atoms. The van der Waals surface area contributed by atoms with Crippen LogP contribution in [0.4, 0.5) is 0 Å². The molecule has 3 aliphatic rings. The maximum absolute atomic E-state index is 4.79. The van der Waals surface area contributed by atoms with E-state index in [0.717, 1.165) is 24.3 Å². The fourth-order valence-electron chi connectivity index (χ4n) is 4.22. The Kier molecular flexibility index (Phi) is 5.94. The van der Waals surface area contributed by atoms with Gasteiger partial charge in [-0.3, -0.25) is 4.99 Å². The molecule has 0 amide bonds. The number of fused-ring (bicyclic) bond motifs is 3. The van der Waals surface area contributed by atoms with Crippen LogP contribution in [-0.4, -0.2) is 12.8 Å². The van der Waals surface area contributed by atoms with Gasteiger partial charge in [0.15, 0.2) is 0 Å². The largest absolute Gasteiger partial charge is 0.297 e. The molecule has 0 saturated heterocycles. The summed E-state index contributed by atoms with van der Waals surface area (Å²) in [4.78, 5) is 4.79. The van der Waals surface area contributed by atoms with Gasteiger partial charge in [-0.2, -0.15) is 0 Å². The van der Waals surface area contributed by atoms with Gasteiger partial charge in [0.25, 0.3) is 0 Å². The molecule has 1 fully saturated rings. The lowest BCUT2D eigenvalue weighted by atomic mass is 9.88. The summed E-state index contributed by atoms with van der Waals surface area (Å²) < 4.78 is 0. The zero-order chi connectivity index (χ0) is 14.3. The Morgan fingerprint density at radius 1 is 0.810 bits per heavy atom. The van der Waals surface area contributed by atoms with Crippen molar-refractivity contribution in [3.63, 3.8) is 0 Å². The van der Waals surface area contributed by atoms with Crippen LogP contribution in [0.1, 0.15) is 77.0 Å². The minimum atomic E-state index is 0.711. The Bertz CT molecular complexity index is 353. The van der Waals surface area contributed by atoms with Crippen molar-refractivity contribution < 1.29 is 0 Å². The van der Waals surface area contributed by atoms with E-state index < -0.39 is 0 Å². The highest BCUT2D eigenvalue weighted by molar-refractivity contribution is 5.57. The molecule has 0 aromatic heterocycles. The molecule has 2 aliphatic carbocycles. The highest BCUT2D eigenvalue weighted by Crippen LogP contribution is 2.38. The zero-order valence-electron chi connectivity index (χ0n) is 13.7. The van der Waals surface area contributed by atoms with Crippen molar-refractivity contribution in [2.24, 2.45) is 28.7 Å². The fraction of sp³-hybridized carbons (Fsp3) is 0.850. The van der Waals surface area contributed by atoms with Crippen molar-refractivity contribution in [1.29, 1.82) is 0 Å². The first-order valence-corrected chi connectivity index (χ1v) is 9.55. The quantitative estimate of drug-likeness (QED) is 0.569. The molecule has 1 heterocycles. The monoisotopic (exact) mass is 287 g/mol. The van der Waals surface area contributed by atoms with Gasteiger partial charge in [-0.15, -0.1) is 0 Å². The second-order valence-corrected chi connectivity index (χ2v) is 7.83. The van der Waals surface area contributed by atoms with E-state index in [0.29, 0.717) is 5.92 Å². The summed E-state index contributed by atoms with van der Waals surface area (Å²) in [5.41, 5.74) is 0. The molecule has 3 atom stereocenters. The first-order valence-electron chi connectivity index (χ1n) is 9.55. The van der Waals surface area contributed by atoms with Crippen molar-refractivity contribution in [3.05, 3.63) is 12.2 Å². The third kappa shape index (κ3) is 5.60. The molecule has 1 unspecified atom stereocenters. The normalized spacial score (nSPS) is 38.4. The maximum atomic E-state index is 4.79. The lowest BCUT2D eigenvalue weighted by Gasteiger charge is -2.18. The second kappa shape index (κ2) is 8.15. The van der Waals surface area contributed by atoms with Crippen LogP contribution in [-0.2, 0) is 0 Å². The van der Waals surface area contributed by atoms with E-state index in [-0.39, 0.29) is 0 Å². The van der Waals surface area contributed by atoms with Gasteiger partial charge in [-0.25, -0.2) is 0 Å². The van der Waals surface area contributed by atoms with Crippen molar-refractivity contribution in [2.45, 2.75) is 77.0 Å². The van der Waals surface area contributed by atoms with Gasteiger partial charge >= 0.3 is 0 Å². The Hall–Kier alpha value is -0.590. The molecule has 0 radical (unpaired) electrons. The average Bonchev–Trinajstić information content (AvgIpc) is 3.27. The van der Waals surface area contributed by atoms with Crippen molar-refractivity contribution in [2.75, 3.05) is 6.54 Å². The van der Waals surface area contributed by atoms with E-state index in [1.807, 2.05) is 0 Å². The second-order valence-electron chi connectivity index (χ2n) is 7.83. The number of allylic oxidation sites excluding steroid dienone is 1. The van der Waals surface area contributed by atoms with Crippen LogP contribution >= 0.6 is 0 Å². The highest BCUT2D eigenvalue weighted by Gasteiger charge is 2.25. The van der Waals surface area contributed by atoms with Gasteiger partial charge in [0.05, 0.1) is 0 Å². The molecule has 118 valence electrons. The molecule has 0 spiro atoms. The molecular weight excluding hydrogens is 254 g/mol. The van der Waals surface area contributed by atoms with Gasteiger partial charge in [0.2, 0.25) is 0 Å². The van der Waals surface area contributed by atoms with E-state index in [4.69, 9.17) is 4.99 Å². The molecule has 0 aromatic rings. The molecule has 1 heteroatoms. The summed E-state index contributed by atoms with van der Waals surface area (Å²) in [7, 11) is 0. The molecule has 1 nitrogen and oxygen atoms in total. The van der Waals surface area contributed by atoms with Crippen LogP contribution < -0.4 is 0 Å². The zero-order valence-corrected chi connectivity index (χ0v) is 13.7. The molecule has 1 saturated carbocycles. The van der Waals surface area contributed by atoms with Gasteiger partial charge in [0, 0.05) is 6.54 Å². The summed E-state index contributed by atoms with van der Waals surface area (Å²) in [5, 5.41) is 0. The van der Waals surface area contributed by atoms with Gasteiger partial charge in [-0.1, -0.05) is 63.5 Å². The lowest BCUT2D eigenvalue weighted by Crippen LogP contribution is -2.07. The summed E-state index contributed by atoms with van der Waals surface area (Å²) in [6.07, 6.45) is 24.3. The predicted octanol–water partition coefficient (Wildman–Crippen LogP) is 5.80. The van der Waals surface area contributed by atoms with Crippen LogP contribution in [0.3, 0.4) is 0 Å². The number of aliphatic imine (C=N–C) groups is 1. The van der Waals surface area contributed by atoms with Gasteiger partial charge in [-0.05, 0) is 55.6 Å². The van der Waals surface area contributed by atoms with Gasteiger partial charge < -0.3 is 0 Å². The third-order valence-corrected chi connectivity index (χ3v) is 5.81. The maximum Gasteiger partial charge on any atom is 0.0448 e. The smallest absolute Gasteiger partial charge is 0.0448 e. The van der Waals surface area contributed by atoms with Crippen LogP contribution in [0.25, 0.3) is 0 Å². The number of rotatable bonds is 2. The molecule has 3 rings (SSSR count). The first kappa shape index (κ1) is 15.3. The number of nitrogens with zero attached hydrogens (tertiary/aromatic N) is 1. The molecule has 0 aromatic carbocycles. The summed E-state index contributed by atoms with van der Waals surface area (Å²) in [6, 6.07) is 0. The van der Waals surface area contributed by atoms with Crippen molar-refractivity contribution in [3.8, 4) is 0 Å². The Morgan fingerprint density at radius 2 is 1.67 bits per heavy atom. The predicted molar refractivity (Wildman–Crippen MR) is 91.9 cm³/mol. The van der Waals surface area contributed by atoms with E-state index >= 15 is 0 Å². The van der Waals surface area contributed by atoms with E-state index in [1.54, 1.807) is 0 Å². The summed E-state index contributed by atoms with van der Waals surface area (Å²) in [6.45, 7) is 1.04. The van der Waals surface area contributed by atoms with Crippen LogP contribution in [0.2, 0.25) is 0 Å². The van der Waals surface area contributed by atoms with Gasteiger partial charge in [0.1, 0.15) is 0 Å². The first-order chi connectivity index (χ1) is 10.4. The Morgan fingerprint density at radius 3 is 2.57 bits per heavy atom. The standard InChI is InChI=1S/C20H33N/c1-2-6-20-10-4-8-17(5-1)7-3-9-18(13-14-21-16-20)15-19-11-12-19/h4,10,14,17-20H,1-3,5-9,11-13,15-16H2/b10-4-,21-14+/t17-,18?,20-/m0/s1. The Labute approximate surface area is 131 Å². The van der Waals surface area contributed by atoms with Crippen LogP contribution in [0, 0.1) is 23.7 Å². The third-order valence-electron chi connectivity index (χ3n) is 5.81. The van der Waals surface area contributed by atoms with E-state index in [1.165, 1.54) is 77.0 Å². The highest BCUT2D eigenvalue weighted by atomic mass is 14.7. The van der Waals surface area contributed by atoms with E-state index in [2.05, 4.69) is 18.4 Å². The van der Waals surface area contributed by atoms with Crippen molar-refractivity contribution in [1.82, 2.24) is 0 Å². The molecular formula is C20H33N. The van der Waals surface area contributed by atoms with Crippen molar-refractivity contribution >= 4 is 6.21 Å². The van der Waals surface area contributed by atoms with Crippen LogP contribution in [0.15, 0.2) is 17.1 Å². The summed E-state index contributed by atoms with van der Waals surface area (Å²) in [5.74, 6) is 3.67. The topological polar surface area (TPSA) is 12.4 Å². The number of hydrogen-bond acceptors (Lipinski definition) is 1. The minimum Gasteiger partial charge on any atom is -0.297 e.